The molecule has 12 heavy (non-hydrogen) atoms. The van der Waals surface area contributed by atoms with Gasteiger partial charge in [-0.3, -0.25) is 9.79 Å². The summed E-state index contributed by atoms with van der Waals surface area (Å²) in [5.74, 6) is 0. The Morgan fingerprint density at radius 2 is 2.08 bits per heavy atom. The molecule has 0 aromatic heterocycles. The molecule has 2 N–H and O–H groups in total. The van der Waals surface area contributed by atoms with Gasteiger partial charge >= 0.3 is 14.1 Å². The highest BCUT2D eigenvalue weighted by Crippen LogP contribution is 2.34. The van der Waals surface area contributed by atoms with E-state index in [-0.39, 0.29) is 6.10 Å². The van der Waals surface area contributed by atoms with Crippen molar-refractivity contribution in [2.75, 3.05) is 6.61 Å². The Bertz CT molecular complexity index is 191. The second kappa shape index (κ2) is 4.39. The van der Waals surface area contributed by atoms with Gasteiger partial charge in [-0.2, -0.15) is 0 Å². The lowest BCUT2D eigenvalue weighted by Gasteiger charge is -1.90. The van der Waals surface area contributed by atoms with Crippen molar-refractivity contribution in [3.63, 3.8) is 0 Å². The Morgan fingerprint density at radius 3 is 2.17 bits per heavy atom. The summed E-state index contributed by atoms with van der Waals surface area (Å²) in [5, 5.41) is 0. The second-order valence-electron chi connectivity index (χ2n) is 1.96. The van der Waals surface area contributed by atoms with Gasteiger partial charge in [-0.15, -0.1) is 4.20 Å². The highest BCUT2D eigenvalue weighted by Gasteiger charge is 2.19. The molecule has 0 spiro atoms. The van der Waals surface area contributed by atoms with Crippen molar-refractivity contribution in [3.8, 4) is 0 Å². The summed E-state index contributed by atoms with van der Waals surface area (Å²) >= 11 is 0. The molecule has 1 unspecified atom stereocenters. The molecule has 8 heteroatoms. The molecule has 1 rings (SSSR count). The quantitative estimate of drug-likeness (QED) is 0.441. The first-order chi connectivity index (χ1) is 5.29. The smallest absolute Gasteiger partial charge is 0.430 e. The van der Waals surface area contributed by atoms with Gasteiger partial charge in [-0.25, -0.2) is 9.36 Å². The van der Waals surface area contributed by atoms with E-state index in [0.29, 0.717) is 6.61 Å². The van der Waals surface area contributed by atoms with E-state index in [0.717, 1.165) is 0 Å². The minimum absolute atomic E-state index is 0.0486. The minimum atomic E-state index is -5.14. The summed E-state index contributed by atoms with van der Waals surface area (Å²) in [6.07, 6.45) is -0.597. The zero-order valence-electron chi connectivity index (χ0n) is 6.14. The number of cyclic esters (lactones) is 2. The summed E-state index contributed by atoms with van der Waals surface area (Å²) in [5.41, 5.74) is 0. The Morgan fingerprint density at radius 1 is 1.67 bits per heavy atom. The summed E-state index contributed by atoms with van der Waals surface area (Å²) in [6, 6.07) is 0. The van der Waals surface area contributed by atoms with Gasteiger partial charge in [-0.1, -0.05) is 0 Å². The van der Waals surface area contributed by atoms with E-state index in [1.165, 1.54) is 0 Å². The van der Waals surface area contributed by atoms with E-state index in [1.54, 1.807) is 6.92 Å². The van der Waals surface area contributed by atoms with Crippen molar-refractivity contribution >= 4 is 14.1 Å². The van der Waals surface area contributed by atoms with Gasteiger partial charge in [0, 0.05) is 0 Å². The summed E-state index contributed by atoms with van der Waals surface area (Å²) in [4.78, 5) is 23.9. The van der Waals surface area contributed by atoms with Crippen LogP contribution in [0.5, 0.6) is 0 Å². The largest absolute Gasteiger partial charge is 0.508 e. The van der Waals surface area contributed by atoms with Crippen molar-refractivity contribution < 1.29 is 32.8 Å². The van der Waals surface area contributed by atoms with Crippen LogP contribution in [0.3, 0.4) is 0 Å². The van der Waals surface area contributed by atoms with Crippen molar-refractivity contribution in [1.29, 1.82) is 0 Å². The molecule has 1 aliphatic rings. The number of ether oxygens (including phenoxy) is 2. The SMILES string of the molecule is CC1COC(=O)O1.O=P(O)(O)F. The maximum atomic E-state index is 10.4. The molecule has 1 fully saturated rings. The third kappa shape index (κ3) is 9.35. The van der Waals surface area contributed by atoms with Crippen LogP contribution in [-0.2, 0) is 14.0 Å². The highest BCUT2D eigenvalue weighted by molar-refractivity contribution is 7.45. The van der Waals surface area contributed by atoms with Crippen molar-refractivity contribution in [2.45, 2.75) is 13.0 Å². The van der Waals surface area contributed by atoms with E-state index in [1.807, 2.05) is 0 Å². The lowest BCUT2D eigenvalue weighted by molar-refractivity contribution is 0.121. The molecule has 1 aliphatic heterocycles. The molecule has 0 bridgehead atoms. The molecule has 1 atom stereocenters. The molecule has 1 heterocycles. The van der Waals surface area contributed by atoms with E-state index < -0.39 is 14.1 Å². The Balaban J connectivity index is 0.000000217. The molecule has 72 valence electrons. The molecule has 0 amide bonds. The fourth-order valence-electron chi connectivity index (χ4n) is 0.418. The zero-order chi connectivity index (χ0) is 9.78. The van der Waals surface area contributed by atoms with E-state index in [9.17, 15) is 8.99 Å². The first-order valence-electron chi connectivity index (χ1n) is 2.87. The molecule has 0 aliphatic carbocycles. The Kier molecular flexibility index (Phi) is 4.16. The number of hydrogen-bond donors (Lipinski definition) is 2. The zero-order valence-corrected chi connectivity index (χ0v) is 7.03. The first-order valence-corrected chi connectivity index (χ1v) is 4.38. The lowest BCUT2D eigenvalue weighted by Crippen LogP contribution is -2.01. The minimum Gasteiger partial charge on any atom is -0.430 e. The third-order valence-corrected chi connectivity index (χ3v) is 0.733. The summed E-state index contributed by atoms with van der Waals surface area (Å²) < 4.78 is 27.9. The van der Waals surface area contributed by atoms with Crippen LogP contribution in [-0.4, -0.2) is 28.7 Å². The van der Waals surface area contributed by atoms with Crippen molar-refractivity contribution in [3.05, 3.63) is 0 Å². The van der Waals surface area contributed by atoms with Gasteiger partial charge in [0.15, 0.2) is 0 Å². The van der Waals surface area contributed by atoms with Gasteiger partial charge in [0.2, 0.25) is 0 Å². The van der Waals surface area contributed by atoms with Crippen LogP contribution in [0.2, 0.25) is 0 Å². The van der Waals surface area contributed by atoms with E-state index in [2.05, 4.69) is 9.47 Å². The number of halogens is 1. The van der Waals surface area contributed by atoms with Gasteiger partial charge in [0.05, 0.1) is 0 Å². The van der Waals surface area contributed by atoms with Crippen LogP contribution in [0.4, 0.5) is 8.99 Å². The van der Waals surface area contributed by atoms with E-state index >= 15 is 0 Å². The monoisotopic (exact) mass is 202 g/mol. The van der Waals surface area contributed by atoms with Gasteiger partial charge in [-0.05, 0) is 6.92 Å². The van der Waals surface area contributed by atoms with Crippen LogP contribution < -0.4 is 0 Å². The topological polar surface area (TPSA) is 93.1 Å². The molecule has 0 aromatic carbocycles. The van der Waals surface area contributed by atoms with Gasteiger partial charge in [0.1, 0.15) is 12.7 Å². The summed E-state index contributed by atoms with van der Waals surface area (Å²) in [6.45, 7) is 2.18. The molecule has 0 radical (unpaired) electrons. The fraction of sp³-hybridized carbons (Fsp3) is 0.750. The molecule has 0 saturated carbocycles. The molecular formula is C4H8FO6P. The number of carbonyl (C=O) groups excluding carboxylic acids is 1. The number of rotatable bonds is 0. The Labute approximate surface area is 67.6 Å². The maximum Gasteiger partial charge on any atom is 0.508 e. The molecular weight excluding hydrogens is 194 g/mol. The van der Waals surface area contributed by atoms with Crippen LogP contribution in [0.15, 0.2) is 0 Å². The number of hydrogen-bond acceptors (Lipinski definition) is 4. The van der Waals surface area contributed by atoms with Crippen LogP contribution in [0.25, 0.3) is 0 Å². The van der Waals surface area contributed by atoms with Crippen LogP contribution in [0, 0.1) is 0 Å². The van der Waals surface area contributed by atoms with Gasteiger partial charge < -0.3 is 9.47 Å². The predicted molar refractivity (Wildman–Crippen MR) is 35.0 cm³/mol. The van der Waals surface area contributed by atoms with Crippen LogP contribution >= 0.6 is 7.91 Å². The number of carbonyl (C=O) groups is 1. The predicted octanol–water partition coefficient (Wildman–Crippen LogP) is 0.590. The van der Waals surface area contributed by atoms with E-state index in [4.69, 9.17) is 14.4 Å². The van der Waals surface area contributed by atoms with Crippen LogP contribution in [0.1, 0.15) is 6.92 Å². The highest BCUT2D eigenvalue weighted by atomic mass is 31.2. The van der Waals surface area contributed by atoms with Crippen molar-refractivity contribution in [1.82, 2.24) is 0 Å². The molecule has 1 saturated heterocycles. The standard InChI is InChI=1S/C4H6O3.FH2O3P/c1-3-2-6-4(5)7-3;1-5(2,3)4/h3H,2H2,1H3;(H2,2,3,4). The normalized spacial score (nSPS) is 22.0. The Hall–Kier alpha value is -0.650. The lowest BCUT2D eigenvalue weighted by atomic mass is 10.5. The maximum absolute atomic E-state index is 10.4. The second-order valence-corrected chi connectivity index (χ2v) is 2.91. The molecule has 0 aromatic rings. The third-order valence-electron chi connectivity index (χ3n) is 0.733. The summed E-state index contributed by atoms with van der Waals surface area (Å²) in [7, 11) is -5.14. The molecule has 6 nitrogen and oxygen atoms in total. The van der Waals surface area contributed by atoms with Gasteiger partial charge in [0.25, 0.3) is 0 Å². The van der Waals surface area contributed by atoms with Crippen molar-refractivity contribution in [2.24, 2.45) is 0 Å². The average Bonchev–Trinajstić information content (AvgIpc) is 2.09. The first kappa shape index (κ1) is 11.4. The average molecular weight is 202 g/mol. The fourth-order valence-corrected chi connectivity index (χ4v) is 0.418.